The summed E-state index contributed by atoms with van der Waals surface area (Å²) in [7, 11) is 3.40. The Kier molecular flexibility index (Phi) is 5.24. The van der Waals surface area contributed by atoms with Gasteiger partial charge in [0.05, 0.1) is 32.5 Å². The quantitative estimate of drug-likeness (QED) is 0.771. The molecule has 0 radical (unpaired) electrons. The van der Waals surface area contributed by atoms with E-state index in [1.165, 1.54) is 7.11 Å². The summed E-state index contributed by atoms with van der Waals surface area (Å²) in [6.45, 7) is -3.11. The van der Waals surface area contributed by atoms with Gasteiger partial charge in [0.25, 0.3) is 0 Å². The maximum absolute atomic E-state index is 12.3. The number of esters is 2. The van der Waals surface area contributed by atoms with Crippen LogP contribution in [0.4, 0.5) is 8.78 Å². The van der Waals surface area contributed by atoms with Gasteiger partial charge in [-0.2, -0.15) is 8.78 Å². The van der Waals surface area contributed by atoms with E-state index in [2.05, 4.69) is 14.2 Å². The van der Waals surface area contributed by atoms with Crippen LogP contribution in [0.3, 0.4) is 0 Å². The topological polar surface area (TPSA) is 71.1 Å². The van der Waals surface area contributed by atoms with Gasteiger partial charge in [0.15, 0.2) is 11.5 Å². The first kappa shape index (κ1) is 15.7. The largest absolute Gasteiger partial charge is 0.493 e. The lowest BCUT2D eigenvalue weighted by atomic mass is 10.1. The number of hydrogen-bond donors (Lipinski definition) is 0. The summed E-state index contributed by atoms with van der Waals surface area (Å²) < 4.78 is 42.6. The molecular formula is C12H12F2O6. The van der Waals surface area contributed by atoms with Crippen molar-refractivity contribution < 1.29 is 37.3 Å². The fourth-order valence-corrected chi connectivity index (χ4v) is 1.47. The van der Waals surface area contributed by atoms with E-state index < -0.39 is 24.3 Å². The predicted molar refractivity (Wildman–Crippen MR) is 62.3 cm³/mol. The van der Waals surface area contributed by atoms with Crippen LogP contribution < -0.4 is 9.47 Å². The van der Waals surface area contributed by atoms with Gasteiger partial charge in [0.2, 0.25) is 0 Å². The lowest BCUT2D eigenvalue weighted by Crippen LogP contribution is -2.13. The monoisotopic (exact) mass is 290 g/mol. The van der Waals surface area contributed by atoms with Gasteiger partial charge in [0, 0.05) is 0 Å². The second-order valence-corrected chi connectivity index (χ2v) is 3.41. The van der Waals surface area contributed by atoms with Gasteiger partial charge < -0.3 is 18.9 Å². The summed E-state index contributed by atoms with van der Waals surface area (Å²) >= 11 is 0. The molecule has 0 saturated carbocycles. The molecule has 8 heteroatoms. The first-order valence-electron chi connectivity index (χ1n) is 5.28. The molecule has 0 fully saturated rings. The van der Waals surface area contributed by atoms with Crippen molar-refractivity contribution in [2.75, 3.05) is 21.3 Å². The molecule has 0 aliphatic heterocycles. The summed E-state index contributed by atoms with van der Waals surface area (Å²) in [4.78, 5) is 23.2. The molecule has 20 heavy (non-hydrogen) atoms. The van der Waals surface area contributed by atoms with Crippen LogP contribution in [0, 0.1) is 0 Å². The van der Waals surface area contributed by atoms with Crippen LogP contribution in [0.1, 0.15) is 20.7 Å². The molecule has 0 aliphatic carbocycles. The maximum atomic E-state index is 12.3. The van der Waals surface area contributed by atoms with E-state index in [0.717, 1.165) is 26.4 Å². The molecular weight excluding hydrogens is 278 g/mol. The second kappa shape index (κ2) is 6.69. The van der Waals surface area contributed by atoms with Crippen molar-refractivity contribution in [3.63, 3.8) is 0 Å². The molecule has 0 aliphatic rings. The minimum atomic E-state index is -3.11. The number of benzene rings is 1. The average molecular weight is 290 g/mol. The Hall–Kier alpha value is -2.38. The van der Waals surface area contributed by atoms with Crippen LogP contribution in [0.2, 0.25) is 0 Å². The Bertz CT molecular complexity index is 515. The lowest BCUT2D eigenvalue weighted by Gasteiger charge is -2.13. The van der Waals surface area contributed by atoms with Gasteiger partial charge in [-0.15, -0.1) is 0 Å². The molecule has 0 amide bonds. The lowest BCUT2D eigenvalue weighted by molar-refractivity contribution is -0.0512. The molecule has 0 heterocycles. The van der Waals surface area contributed by atoms with E-state index in [4.69, 9.17) is 4.74 Å². The van der Waals surface area contributed by atoms with Gasteiger partial charge in [-0.25, -0.2) is 9.59 Å². The molecule has 0 atom stereocenters. The summed E-state index contributed by atoms with van der Waals surface area (Å²) in [5.74, 6) is -2.27. The third-order valence-corrected chi connectivity index (χ3v) is 2.33. The molecule has 0 unspecified atom stereocenters. The van der Waals surface area contributed by atoms with Gasteiger partial charge in [-0.05, 0) is 12.1 Å². The van der Waals surface area contributed by atoms with Crippen molar-refractivity contribution in [2.45, 2.75) is 6.61 Å². The van der Waals surface area contributed by atoms with Crippen LogP contribution in [0.15, 0.2) is 12.1 Å². The van der Waals surface area contributed by atoms with Gasteiger partial charge in [-0.1, -0.05) is 0 Å². The van der Waals surface area contributed by atoms with Gasteiger partial charge in [-0.3, -0.25) is 0 Å². The van der Waals surface area contributed by atoms with Crippen molar-refractivity contribution in [3.8, 4) is 11.5 Å². The Morgan fingerprint density at radius 3 is 1.75 bits per heavy atom. The van der Waals surface area contributed by atoms with Gasteiger partial charge in [0.1, 0.15) is 0 Å². The van der Waals surface area contributed by atoms with E-state index in [-0.39, 0.29) is 16.9 Å². The molecule has 1 aromatic rings. The van der Waals surface area contributed by atoms with E-state index in [1.54, 1.807) is 0 Å². The van der Waals surface area contributed by atoms with Crippen molar-refractivity contribution in [3.05, 3.63) is 23.3 Å². The zero-order valence-electron chi connectivity index (χ0n) is 10.9. The number of carbonyl (C=O) groups is 2. The van der Waals surface area contributed by atoms with E-state index in [1.807, 2.05) is 0 Å². The van der Waals surface area contributed by atoms with Crippen LogP contribution in [-0.2, 0) is 9.47 Å². The standard InChI is InChI=1S/C12H12F2O6/c1-17-8-4-6(10(15)18-2)7(11(16)19-3)5-9(8)20-12(13)14/h4-5,12H,1-3H3. The van der Waals surface area contributed by atoms with Crippen LogP contribution in [0.25, 0.3) is 0 Å². The highest BCUT2D eigenvalue weighted by molar-refractivity contribution is 6.04. The molecule has 0 saturated heterocycles. The zero-order chi connectivity index (χ0) is 15.3. The molecule has 6 nitrogen and oxygen atoms in total. The van der Waals surface area contributed by atoms with Gasteiger partial charge >= 0.3 is 18.6 Å². The Morgan fingerprint density at radius 1 is 0.950 bits per heavy atom. The molecule has 0 spiro atoms. The zero-order valence-corrected chi connectivity index (χ0v) is 10.9. The highest BCUT2D eigenvalue weighted by Crippen LogP contribution is 2.32. The van der Waals surface area contributed by atoms with E-state index >= 15 is 0 Å². The molecule has 0 aromatic heterocycles. The average Bonchev–Trinajstić information content (AvgIpc) is 2.44. The maximum Gasteiger partial charge on any atom is 0.387 e. The molecule has 1 aromatic carbocycles. The third-order valence-electron chi connectivity index (χ3n) is 2.33. The highest BCUT2D eigenvalue weighted by atomic mass is 19.3. The summed E-state index contributed by atoms with van der Waals surface area (Å²) in [6, 6.07) is 2.00. The third kappa shape index (κ3) is 3.34. The van der Waals surface area contributed by atoms with E-state index in [0.29, 0.717) is 0 Å². The molecule has 0 bridgehead atoms. The van der Waals surface area contributed by atoms with Crippen molar-refractivity contribution in [2.24, 2.45) is 0 Å². The number of carbonyl (C=O) groups excluding carboxylic acids is 2. The molecule has 1 rings (SSSR count). The SMILES string of the molecule is COC(=O)c1cc(OC)c(OC(F)F)cc1C(=O)OC. The van der Waals surface area contributed by atoms with Crippen LogP contribution in [0.5, 0.6) is 11.5 Å². The summed E-state index contributed by atoms with van der Waals surface area (Å²) in [6.07, 6.45) is 0. The number of rotatable bonds is 5. The Labute approximate surface area is 113 Å². The number of ether oxygens (including phenoxy) is 4. The normalized spacial score (nSPS) is 10.1. The molecule has 110 valence electrons. The second-order valence-electron chi connectivity index (χ2n) is 3.41. The number of methoxy groups -OCH3 is 3. The number of hydrogen-bond acceptors (Lipinski definition) is 6. The summed E-state index contributed by atoms with van der Waals surface area (Å²) in [5.41, 5.74) is -0.450. The van der Waals surface area contributed by atoms with Crippen molar-refractivity contribution in [1.82, 2.24) is 0 Å². The first-order chi connectivity index (χ1) is 9.44. The van der Waals surface area contributed by atoms with E-state index in [9.17, 15) is 18.4 Å². The van der Waals surface area contributed by atoms with Crippen LogP contribution >= 0.6 is 0 Å². The Morgan fingerprint density at radius 2 is 1.40 bits per heavy atom. The predicted octanol–water partition coefficient (Wildman–Crippen LogP) is 1.87. The summed E-state index contributed by atoms with van der Waals surface area (Å²) in [5, 5.41) is 0. The van der Waals surface area contributed by atoms with Crippen LogP contribution in [-0.4, -0.2) is 39.9 Å². The number of halogens is 2. The minimum absolute atomic E-state index is 0.140. The van der Waals surface area contributed by atoms with Crippen molar-refractivity contribution >= 4 is 11.9 Å². The smallest absolute Gasteiger partial charge is 0.387 e. The Balaban J connectivity index is 3.44. The van der Waals surface area contributed by atoms with Crippen molar-refractivity contribution in [1.29, 1.82) is 0 Å². The number of alkyl halides is 2. The fourth-order valence-electron chi connectivity index (χ4n) is 1.47. The first-order valence-corrected chi connectivity index (χ1v) is 5.28. The molecule has 0 N–H and O–H groups in total. The fraction of sp³-hybridized carbons (Fsp3) is 0.333. The highest BCUT2D eigenvalue weighted by Gasteiger charge is 2.23. The minimum Gasteiger partial charge on any atom is -0.493 e.